The van der Waals surface area contributed by atoms with E-state index in [0.717, 1.165) is 44.7 Å². The fraction of sp³-hybridized carbons (Fsp3) is 0.103. The third-order valence-electron chi connectivity index (χ3n) is 6.08. The molecule has 2 heterocycles. The first-order valence-corrected chi connectivity index (χ1v) is 11.4. The molecule has 0 bridgehead atoms. The van der Waals surface area contributed by atoms with Crippen molar-refractivity contribution >= 4 is 33.9 Å². The highest BCUT2D eigenvalue weighted by Gasteiger charge is 2.14. The molecular weight excluding hydrogens is 439 g/mol. The number of aryl methyl sites for hydroxylation is 2. The Morgan fingerprint density at radius 1 is 0.971 bits per heavy atom. The first kappa shape index (κ1) is 22.3. The van der Waals surface area contributed by atoms with E-state index >= 15 is 0 Å². The number of anilines is 3. The molecule has 6 heteroatoms. The Morgan fingerprint density at radius 3 is 2.63 bits per heavy atom. The zero-order chi connectivity index (χ0) is 24.4. The molecule has 35 heavy (non-hydrogen) atoms. The molecule has 0 spiro atoms. The van der Waals surface area contributed by atoms with Crippen molar-refractivity contribution in [1.82, 2.24) is 9.97 Å². The predicted molar refractivity (Wildman–Crippen MR) is 139 cm³/mol. The Labute approximate surface area is 203 Å². The number of para-hydroxylation sites is 1. The Morgan fingerprint density at radius 2 is 1.83 bits per heavy atom. The summed E-state index contributed by atoms with van der Waals surface area (Å²) >= 11 is 0. The monoisotopic (exact) mass is 464 g/mol. The van der Waals surface area contributed by atoms with Crippen LogP contribution < -0.4 is 10.6 Å². The maximum absolute atomic E-state index is 14.0. The average Bonchev–Trinajstić information content (AvgIpc) is 3.17. The molecule has 1 amide bonds. The summed E-state index contributed by atoms with van der Waals surface area (Å²) < 4.78 is 14.0. The summed E-state index contributed by atoms with van der Waals surface area (Å²) in [5.41, 5.74) is 7.57. The SMILES string of the molecule is Cc1cc(-c2cc(NC(=O)Cc3c(C)[nH]c4ccccc34)ccc2Nc2cccnc2)ccc1F. The lowest BCUT2D eigenvalue weighted by Gasteiger charge is -2.15. The van der Waals surface area contributed by atoms with Crippen LogP contribution in [0.2, 0.25) is 0 Å². The standard InChI is InChI=1S/C29H25FN4O/c1-18-14-20(9-11-26(18)30)25-15-21(10-12-28(25)33-22-6-5-13-31-17-22)34-29(35)16-24-19(2)32-27-8-4-3-7-23(24)27/h3-15,17,32-33H,16H2,1-2H3,(H,34,35). The van der Waals surface area contributed by atoms with Gasteiger partial charge in [0.2, 0.25) is 5.91 Å². The van der Waals surface area contributed by atoms with Crippen LogP contribution in [0.1, 0.15) is 16.8 Å². The molecule has 174 valence electrons. The van der Waals surface area contributed by atoms with Gasteiger partial charge in [0.25, 0.3) is 0 Å². The Hall–Kier alpha value is -4.45. The highest BCUT2D eigenvalue weighted by Crippen LogP contribution is 2.34. The number of carbonyl (C=O) groups excluding carboxylic acids is 1. The summed E-state index contributed by atoms with van der Waals surface area (Å²) in [6, 6.07) is 22.4. The van der Waals surface area contributed by atoms with Crippen LogP contribution in [0.25, 0.3) is 22.0 Å². The lowest BCUT2D eigenvalue weighted by atomic mass is 10.00. The van der Waals surface area contributed by atoms with Gasteiger partial charge in [-0.25, -0.2) is 4.39 Å². The highest BCUT2D eigenvalue weighted by atomic mass is 19.1. The van der Waals surface area contributed by atoms with E-state index in [2.05, 4.69) is 20.6 Å². The summed E-state index contributed by atoms with van der Waals surface area (Å²) in [5.74, 6) is -0.360. The molecule has 0 saturated heterocycles. The van der Waals surface area contributed by atoms with Crippen LogP contribution >= 0.6 is 0 Å². The molecule has 5 nitrogen and oxygen atoms in total. The Kier molecular flexibility index (Phi) is 6.02. The number of fused-ring (bicyclic) bond motifs is 1. The summed E-state index contributed by atoms with van der Waals surface area (Å²) in [5, 5.41) is 7.46. The average molecular weight is 465 g/mol. The van der Waals surface area contributed by atoms with Crippen LogP contribution in [-0.2, 0) is 11.2 Å². The van der Waals surface area contributed by atoms with Crippen LogP contribution in [0, 0.1) is 19.7 Å². The van der Waals surface area contributed by atoms with Crippen LogP contribution in [-0.4, -0.2) is 15.9 Å². The Balaban J connectivity index is 1.45. The van der Waals surface area contributed by atoms with Crippen molar-refractivity contribution in [3.63, 3.8) is 0 Å². The van der Waals surface area contributed by atoms with Gasteiger partial charge >= 0.3 is 0 Å². The van der Waals surface area contributed by atoms with Gasteiger partial charge in [-0.3, -0.25) is 9.78 Å². The number of amides is 1. The number of aromatic amines is 1. The molecule has 0 unspecified atom stereocenters. The second-order valence-corrected chi connectivity index (χ2v) is 8.59. The summed E-state index contributed by atoms with van der Waals surface area (Å²) in [4.78, 5) is 20.5. The molecule has 0 aliphatic carbocycles. The third kappa shape index (κ3) is 4.77. The molecule has 5 rings (SSSR count). The van der Waals surface area contributed by atoms with Gasteiger partial charge in [0.1, 0.15) is 5.82 Å². The summed E-state index contributed by atoms with van der Waals surface area (Å²) in [6.07, 6.45) is 3.71. The zero-order valence-corrected chi connectivity index (χ0v) is 19.5. The van der Waals surface area contributed by atoms with E-state index in [0.29, 0.717) is 11.3 Å². The number of hydrogen-bond acceptors (Lipinski definition) is 3. The number of H-pyrrole nitrogens is 1. The minimum Gasteiger partial charge on any atom is -0.358 e. The van der Waals surface area contributed by atoms with E-state index in [1.807, 2.05) is 61.5 Å². The van der Waals surface area contributed by atoms with Crippen molar-refractivity contribution in [3.05, 3.63) is 108 Å². The van der Waals surface area contributed by atoms with Gasteiger partial charge in [0, 0.05) is 39.7 Å². The number of halogens is 1. The van der Waals surface area contributed by atoms with E-state index in [1.54, 1.807) is 31.5 Å². The minimum absolute atomic E-state index is 0.105. The van der Waals surface area contributed by atoms with Crippen LogP contribution in [0.4, 0.5) is 21.5 Å². The number of aromatic nitrogens is 2. The Bertz CT molecular complexity index is 1530. The van der Waals surface area contributed by atoms with E-state index < -0.39 is 0 Å². The van der Waals surface area contributed by atoms with Gasteiger partial charge in [-0.1, -0.05) is 24.3 Å². The van der Waals surface area contributed by atoms with Gasteiger partial charge < -0.3 is 15.6 Å². The van der Waals surface area contributed by atoms with Crippen molar-refractivity contribution in [2.75, 3.05) is 10.6 Å². The number of carbonyl (C=O) groups is 1. The van der Waals surface area contributed by atoms with Gasteiger partial charge in [0.05, 0.1) is 18.3 Å². The van der Waals surface area contributed by atoms with Gasteiger partial charge in [0.15, 0.2) is 0 Å². The van der Waals surface area contributed by atoms with Crippen molar-refractivity contribution in [3.8, 4) is 11.1 Å². The second-order valence-electron chi connectivity index (χ2n) is 8.59. The molecule has 0 fully saturated rings. The normalized spacial score (nSPS) is 10.9. The minimum atomic E-state index is -0.255. The molecular formula is C29H25FN4O. The summed E-state index contributed by atoms with van der Waals surface area (Å²) in [7, 11) is 0. The number of pyridine rings is 1. The fourth-order valence-corrected chi connectivity index (χ4v) is 4.30. The van der Waals surface area contributed by atoms with E-state index in [4.69, 9.17) is 0 Å². The lowest BCUT2D eigenvalue weighted by molar-refractivity contribution is -0.115. The number of nitrogens with zero attached hydrogens (tertiary/aromatic N) is 1. The first-order valence-electron chi connectivity index (χ1n) is 11.4. The van der Waals surface area contributed by atoms with Crippen LogP contribution in [0.15, 0.2) is 85.2 Å². The molecule has 0 aliphatic heterocycles. The van der Waals surface area contributed by atoms with Crippen molar-refractivity contribution in [2.24, 2.45) is 0 Å². The van der Waals surface area contributed by atoms with Crippen molar-refractivity contribution in [2.45, 2.75) is 20.3 Å². The molecule has 5 aromatic rings. The van der Waals surface area contributed by atoms with Gasteiger partial charge in [-0.2, -0.15) is 0 Å². The molecule has 0 radical (unpaired) electrons. The maximum atomic E-state index is 14.0. The highest BCUT2D eigenvalue weighted by molar-refractivity contribution is 5.97. The van der Waals surface area contributed by atoms with E-state index in [-0.39, 0.29) is 18.1 Å². The summed E-state index contributed by atoms with van der Waals surface area (Å²) in [6.45, 7) is 3.72. The van der Waals surface area contributed by atoms with Gasteiger partial charge in [-0.15, -0.1) is 0 Å². The predicted octanol–water partition coefficient (Wildman–Crippen LogP) is 6.91. The molecule has 0 aliphatic rings. The van der Waals surface area contributed by atoms with Crippen LogP contribution in [0.3, 0.4) is 0 Å². The maximum Gasteiger partial charge on any atom is 0.228 e. The first-order chi connectivity index (χ1) is 17.0. The largest absolute Gasteiger partial charge is 0.358 e. The number of rotatable bonds is 6. The zero-order valence-electron chi connectivity index (χ0n) is 19.5. The number of hydrogen-bond donors (Lipinski definition) is 3. The van der Waals surface area contributed by atoms with E-state index in [1.165, 1.54) is 6.07 Å². The molecule has 0 saturated carbocycles. The molecule has 3 aromatic carbocycles. The smallest absolute Gasteiger partial charge is 0.228 e. The molecule has 3 N–H and O–H groups in total. The fourth-order valence-electron chi connectivity index (χ4n) is 4.30. The lowest BCUT2D eigenvalue weighted by Crippen LogP contribution is -2.15. The number of benzene rings is 3. The molecule has 0 atom stereocenters. The third-order valence-corrected chi connectivity index (χ3v) is 6.08. The van der Waals surface area contributed by atoms with E-state index in [9.17, 15) is 9.18 Å². The van der Waals surface area contributed by atoms with Crippen molar-refractivity contribution in [1.29, 1.82) is 0 Å². The van der Waals surface area contributed by atoms with Crippen LogP contribution in [0.5, 0.6) is 0 Å². The topological polar surface area (TPSA) is 69.8 Å². The molecule has 2 aromatic heterocycles. The number of nitrogens with one attached hydrogen (secondary N) is 3. The van der Waals surface area contributed by atoms with Crippen molar-refractivity contribution < 1.29 is 9.18 Å². The van der Waals surface area contributed by atoms with Gasteiger partial charge in [-0.05, 0) is 79.1 Å². The quantitative estimate of drug-likeness (QED) is 0.256. The second kappa shape index (κ2) is 9.43.